The van der Waals surface area contributed by atoms with Gasteiger partial charge in [-0.15, -0.1) is 0 Å². The first kappa shape index (κ1) is 13.4. The number of carbonyl (C=O) groups excluding carboxylic acids is 1. The van der Waals surface area contributed by atoms with Crippen molar-refractivity contribution in [2.24, 2.45) is 4.99 Å². The number of ketones is 1. The van der Waals surface area contributed by atoms with E-state index in [0.29, 0.717) is 6.04 Å². The van der Waals surface area contributed by atoms with Crippen LogP contribution in [-0.4, -0.2) is 17.5 Å². The van der Waals surface area contributed by atoms with E-state index in [2.05, 4.69) is 0 Å². The minimum absolute atomic E-state index is 0.119. The molecule has 0 bridgehead atoms. The van der Waals surface area contributed by atoms with Gasteiger partial charge in [-0.3, -0.25) is 9.79 Å². The van der Waals surface area contributed by atoms with Crippen LogP contribution in [0.4, 0.5) is 0 Å². The van der Waals surface area contributed by atoms with E-state index in [1.807, 2.05) is 48.5 Å². The lowest BCUT2D eigenvalue weighted by Crippen LogP contribution is -2.23. The highest BCUT2D eigenvalue weighted by Gasteiger charge is 2.28. The Morgan fingerprint density at radius 3 is 1.77 bits per heavy atom. The van der Waals surface area contributed by atoms with Crippen LogP contribution in [-0.2, 0) is 0 Å². The van der Waals surface area contributed by atoms with E-state index < -0.39 is 0 Å². The molecule has 4 rings (SSSR count). The monoisotopic (exact) mass is 289 g/mol. The van der Waals surface area contributed by atoms with Crippen molar-refractivity contribution >= 4 is 11.5 Å². The molecule has 0 aromatic heterocycles. The smallest absolute Gasteiger partial charge is 0.194 e. The van der Waals surface area contributed by atoms with E-state index in [0.717, 1.165) is 28.0 Å². The van der Waals surface area contributed by atoms with Gasteiger partial charge in [0.05, 0.1) is 11.8 Å². The normalized spacial score (nSPS) is 17.8. The minimum Gasteiger partial charge on any atom is -0.289 e. The van der Waals surface area contributed by atoms with Crippen LogP contribution in [0.25, 0.3) is 0 Å². The Hall–Kier alpha value is -2.22. The quantitative estimate of drug-likeness (QED) is 0.653. The van der Waals surface area contributed by atoms with Crippen molar-refractivity contribution in [3.8, 4) is 0 Å². The molecule has 2 aromatic rings. The fourth-order valence-electron chi connectivity index (χ4n) is 3.60. The molecule has 0 aliphatic heterocycles. The predicted octanol–water partition coefficient (Wildman–Crippen LogP) is 4.40. The largest absolute Gasteiger partial charge is 0.289 e. The molecule has 2 nitrogen and oxygen atoms in total. The van der Waals surface area contributed by atoms with Crippen molar-refractivity contribution in [1.29, 1.82) is 0 Å². The summed E-state index contributed by atoms with van der Waals surface area (Å²) >= 11 is 0. The first-order valence-corrected chi connectivity index (χ1v) is 8.16. The van der Waals surface area contributed by atoms with Crippen molar-refractivity contribution in [3.05, 3.63) is 70.8 Å². The number of rotatable bonds is 1. The lowest BCUT2D eigenvalue weighted by atomic mass is 9.83. The molecule has 22 heavy (non-hydrogen) atoms. The maximum Gasteiger partial charge on any atom is 0.194 e. The van der Waals surface area contributed by atoms with Gasteiger partial charge >= 0.3 is 0 Å². The topological polar surface area (TPSA) is 29.4 Å². The lowest BCUT2D eigenvalue weighted by Gasteiger charge is -2.24. The molecule has 2 aliphatic rings. The average Bonchev–Trinajstić information content (AvgIpc) is 2.59. The Bertz CT molecular complexity index is 702. The summed E-state index contributed by atoms with van der Waals surface area (Å²) < 4.78 is 0. The maximum atomic E-state index is 12.7. The molecule has 0 N–H and O–H groups in total. The van der Waals surface area contributed by atoms with Gasteiger partial charge in [-0.05, 0) is 12.8 Å². The highest BCUT2D eigenvalue weighted by atomic mass is 16.1. The molecular weight excluding hydrogens is 270 g/mol. The van der Waals surface area contributed by atoms with Gasteiger partial charge in [0.25, 0.3) is 0 Å². The molecule has 110 valence electrons. The van der Waals surface area contributed by atoms with Crippen LogP contribution in [0.5, 0.6) is 0 Å². The molecule has 2 heteroatoms. The zero-order chi connectivity index (χ0) is 14.9. The summed E-state index contributed by atoms with van der Waals surface area (Å²) in [7, 11) is 0. The van der Waals surface area contributed by atoms with Crippen molar-refractivity contribution in [3.63, 3.8) is 0 Å². The summed E-state index contributed by atoms with van der Waals surface area (Å²) in [5.74, 6) is 0.119. The molecule has 1 fully saturated rings. The highest BCUT2D eigenvalue weighted by Crippen LogP contribution is 2.29. The maximum absolute atomic E-state index is 12.7. The Kier molecular flexibility index (Phi) is 3.38. The highest BCUT2D eigenvalue weighted by molar-refractivity contribution is 6.30. The van der Waals surface area contributed by atoms with E-state index in [-0.39, 0.29) is 5.78 Å². The van der Waals surface area contributed by atoms with Gasteiger partial charge in [0.15, 0.2) is 5.78 Å². The number of hydrogen-bond acceptors (Lipinski definition) is 2. The number of nitrogens with zero attached hydrogens (tertiary/aromatic N) is 1. The average molecular weight is 289 g/mol. The standard InChI is InChI=1S/C20H19NO/c22-20-17-12-6-4-10-15(17)19(16-11-5-7-13-18(16)20)21-14-8-2-1-3-9-14/h4-7,10-14H,1-3,8-9H2. The summed E-state index contributed by atoms with van der Waals surface area (Å²) in [6, 6.07) is 16.2. The first-order valence-electron chi connectivity index (χ1n) is 8.16. The molecule has 0 spiro atoms. The Balaban J connectivity index is 1.88. The summed E-state index contributed by atoms with van der Waals surface area (Å²) in [5.41, 5.74) is 4.58. The fraction of sp³-hybridized carbons (Fsp3) is 0.300. The third-order valence-electron chi connectivity index (χ3n) is 4.74. The molecular formula is C20H19NO. The first-order chi connectivity index (χ1) is 10.8. The third kappa shape index (κ3) is 2.19. The molecule has 0 amide bonds. The van der Waals surface area contributed by atoms with Crippen LogP contribution in [0.15, 0.2) is 53.5 Å². The summed E-state index contributed by atoms with van der Waals surface area (Å²) in [6.45, 7) is 0. The van der Waals surface area contributed by atoms with Gasteiger partial charge < -0.3 is 0 Å². The van der Waals surface area contributed by atoms with Gasteiger partial charge in [-0.25, -0.2) is 0 Å². The number of fused-ring (bicyclic) bond motifs is 2. The van der Waals surface area contributed by atoms with Gasteiger partial charge in [0.1, 0.15) is 0 Å². The molecule has 1 saturated carbocycles. The van der Waals surface area contributed by atoms with Gasteiger partial charge in [0, 0.05) is 22.3 Å². The van der Waals surface area contributed by atoms with Crippen LogP contribution in [0.1, 0.15) is 59.2 Å². The zero-order valence-electron chi connectivity index (χ0n) is 12.6. The van der Waals surface area contributed by atoms with Crippen molar-refractivity contribution in [2.45, 2.75) is 38.1 Å². The molecule has 0 atom stereocenters. The number of benzene rings is 2. The molecule has 0 unspecified atom stereocenters. The Morgan fingerprint density at radius 1 is 0.727 bits per heavy atom. The van der Waals surface area contributed by atoms with Crippen LogP contribution >= 0.6 is 0 Å². The second kappa shape index (κ2) is 5.53. The van der Waals surface area contributed by atoms with Crippen molar-refractivity contribution in [1.82, 2.24) is 0 Å². The number of hydrogen-bond donors (Lipinski definition) is 0. The zero-order valence-corrected chi connectivity index (χ0v) is 12.6. The predicted molar refractivity (Wildman–Crippen MR) is 88.8 cm³/mol. The fourth-order valence-corrected chi connectivity index (χ4v) is 3.60. The Labute approximate surface area is 130 Å². The van der Waals surface area contributed by atoms with E-state index in [1.54, 1.807) is 0 Å². The molecule has 2 aromatic carbocycles. The van der Waals surface area contributed by atoms with E-state index in [9.17, 15) is 4.79 Å². The molecule has 0 radical (unpaired) electrons. The number of aliphatic imine (C=N–C) groups is 1. The van der Waals surface area contributed by atoms with E-state index in [4.69, 9.17) is 4.99 Å². The molecule has 0 saturated heterocycles. The molecule has 0 heterocycles. The van der Waals surface area contributed by atoms with Crippen LogP contribution < -0.4 is 0 Å². The third-order valence-corrected chi connectivity index (χ3v) is 4.74. The van der Waals surface area contributed by atoms with E-state index >= 15 is 0 Å². The summed E-state index contributed by atoms with van der Waals surface area (Å²) in [5, 5.41) is 0. The van der Waals surface area contributed by atoms with Gasteiger partial charge in [-0.1, -0.05) is 67.8 Å². The summed E-state index contributed by atoms with van der Waals surface area (Å²) in [4.78, 5) is 17.8. The van der Waals surface area contributed by atoms with Gasteiger partial charge in [-0.2, -0.15) is 0 Å². The van der Waals surface area contributed by atoms with Gasteiger partial charge in [0.2, 0.25) is 0 Å². The van der Waals surface area contributed by atoms with Crippen molar-refractivity contribution < 1.29 is 4.79 Å². The SMILES string of the molecule is O=C1c2ccccc2C(=NC2CCCCC2)c2ccccc21. The van der Waals surface area contributed by atoms with Crippen LogP contribution in [0, 0.1) is 0 Å². The van der Waals surface area contributed by atoms with E-state index in [1.165, 1.54) is 32.1 Å². The minimum atomic E-state index is 0.119. The molecule has 2 aliphatic carbocycles. The summed E-state index contributed by atoms with van der Waals surface area (Å²) in [6.07, 6.45) is 6.20. The lowest BCUT2D eigenvalue weighted by molar-refractivity contribution is 0.103. The van der Waals surface area contributed by atoms with Crippen molar-refractivity contribution in [2.75, 3.05) is 0 Å². The second-order valence-electron chi connectivity index (χ2n) is 6.19. The Morgan fingerprint density at radius 2 is 1.23 bits per heavy atom. The van der Waals surface area contributed by atoms with Crippen LogP contribution in [0.2, 0.25) is 0 Å². The number of carbonyl (C=O) groups is 1. The van der Waals surface area contributed by atoms with Crippen LogP contribution in [0.3, 0.4) is 0 Å². The second-order valence-corrected chi connectivity index (χ2v) is 6.19.